The molecule has 0 bridgehead atoms. The van der Waals surface area contributed by atoms with Gasteiger partial charge >= 0.3 is 0 Å². The minimum Gasteiger partial charge on any atom is -0.350 e. The molecule has 9 heteroatoms. The van der Waals surface area contributed by atoms with E-state index in [4.69, 9.17) is 0 Å². The maximum Gasteiger partial charge on any atom is 0.248 e. The van der Waals surface area contributed by atoms with E-state index in [0.29, 0.717) is 18.8 Å². The lowest BCUT2D eigenvalue weighted by Crippen LogP contribution is -2.32. The highest BCUT2D eigenvalue weighted by Gasteiger charge is 2.35. The average Bonchev–Trinajstić information content (AvgIpc) is 3.29. The van der Waals surface area contributed by atoms with Crippen molar-refractivity contribution in [2.24, 2.45) is 0 Å². The second kappa shape index (κ2) is 5.97. The van der Waals surface area contributed by atoms with E-state index < -0.39 is 5.92 Å². The Morgan fingerprint density at radius 2 is 1.85 bits per heavy atom. The fraction of sp³-hybridized carbons (Fsp3) is 0.333. The van der Waals surface area contributed by atoms with Crippen LogP contribution in [0.2, 0.25) is 0 Å². The lowest BCUT2D eigenvalue weighted by Gasteiger charge is -2.28. The van der Waals surface area contributed by atoms with Crippen LogP contribution in [0.4, 0.5) is 14.7 Å². The summed E-state index contributed by atoms with van der Waals surface area (Å²) >= 11 is 0. The Bertz CT molecular complexity index is 1110. The zero-order valence-electron chi connectivity index (χ0n) is 14.4. The smallest absolute Gasteiger partial charge is 0.248 e. The molecule has 0 spiro atoms. The fourth-order valence-corrected chi connectivity index (χ4v) is 3.51. The number of halogens is 2. The minimum atomic E-state index is -2.54. The summed E-state index contributed by atoms with van der Waals surface area (Å²) in [6, 6.07) is 5.72. The van der Waals surface area contributed by atoms with Crippen molar-refractivity contribution < 1.29 is 8.78 Å². The first-order valence-corrected chi connectivity index (χ1v) is 8.87. The number of hydrogen-bond donors (Lipinski definition) is 1. The van der Waals surface area contributed by atoms with Crippen molar-refractivity contribution in [3.63, 3.8) is 0 Å². The van der Waals surface area contributed by atoms with Gasteiger partial charge in [-0.1, -0.05) is 0 Å². The molecule has 1 N–H and O–H groups in total. The molecule has 138 valence electrons. The Balaban J connectivity index is 1.41. The van der Waals surface area contributed by atoms with Crippen molar-refractivity contribution in [2.75, 3.05) is 5.32 Å². The van der Waals surface area contributed by atoms with Gasteiger partial charge in [0.05, 0.1) is 17.4 Å². The molecule has 4 aromatic heterocycles. The van der Waals surface area contributed by atoms with Gasteiger partial charge in [-0.3, -0.25) is 0 Å². The monoisotopic (exact) mass is 369 g/mol. The van der Waals surface area contributed by atoms with E-state index >= 15 is 0 Å². The molecule has 1 aliphatic carbocycles. The van der Waals surface area contributed by atoms with Crippen LogP contribution in [0.15, 0.2) is 43.0 Å². The molecular formula is C18H17F2N7. The van der Waals surface area contributed by atoms with Gasteiger partial charge in [0.1, 0.15) is 0 Å². The molecule has 0 radical (unpaired) electrons. The van der Waals surface area contributed by atoms with Crippen LogP contribution in [0, 0.1) is 0 Å². The summed E-state index contributed by atoms with van der Waals surface area (Å²) in [6.07, 6.45) is 7.70. The molecule has 1 fully saturated rings. The van der Waals surface area contributed by atoms with E-state index in [1.807, 2.05) is 24.4 Å². The number of fused-ring (bicyclic) bond motifs is 2. The number of nitrogens with one attached hydrogen (secondary N) is 1. The van der Waals surface area contributed by atoms with E-state index in [-0.39, 0.29) is 18.9 Å². The molecule has 0 aliphatic heterocycles. The molecule has 1 aliphatic rings. The quantitative estimate of drug-likeness (QED) is 0.599. The van der Waals surface area contributed by atoms with Crippen LogP contribution in [-0.2, 0) is 0 Å². The maximum absolute atomic E-state index is 13.3. The Morgan fingerprint density at radius 3 is 2.70 bits per heavy atom. The van der Waals surface area contributed by atoms with Crippen LogP contribution in [0.3, 0.4) is 0 Å². The second-order valence-electron chi connectivity index (χ2n) is 6.86. The number of alkyl halides is 2. The molecule has 0 atom stereocenters. The largest absolute Gasteiger partial charge is 0.350 e. The van der Waals surface area contributed by atoms with Crippen LogP contribution >= 0.6 is 0 Å². The minimum absolute atomic E-state index is 0.0255. The van der Waals surface area contributed by atoms with Crippen LogP contribution in [0.1, 0.15) is 25.7 Å². The summed E-state index contributed by atoms with van der Waals surface area (Å²) in [4.78, 5) is 8.57. The number of hydrogen-bond acceptors (Lipinski definition) is 5. The molecule has 0 saturated heterocycles. The number of nitrogens with zero attached hydrogens (tertiary/aromatic N) is 6. The van der Waals surface area contributed by atoms with E-state index in [1.165, 1.54) is 0 Å². The first-order chi connectivity index (χ1) is 13.1. The van der Waals surface area contributed by atoms with E-state index in [0.717, 1.165) is 22.4 Å². The lowest BCUT2D eigenvalue weighted by molar-refractivity contribution is -0.0361. The molecule has 0 amide bonds. The van der Waals surface area contributed by atoms with Gasteiger partial charge in [0, 0.05) is 43.0 Å². The topological polar surface area (TPSA) is 72.4 Å². The molecule has 0 aromatic carbocycles. The summed E-state index contributed by atoms with van der Waals surface area (Å²) in [5.41, 5.74) is 3.31. The summed E-state index contributed by atoms with van der Waals surface area (Å²) in [6.45, 7) is 0. The predicted octanol–water partition coefficient (Wildman–Crippen LogP) is 3.43. The third-order valence-corrected chi connectivity index (χ3v) is 5.00. The summed E-state index contributed by atoms with van der Waals surface area (Å²) in [5, 5.41) is 12.2. The normalized spacial score (nSPS) is 17.6. The maximum atomic E-state index is 13.3. The zero-order chi connectivity index (χ0) is 18.4. The standard InChI is InChI=1S/C18H17F2N7/c19-18(20)6-3-12(4-7-18)23-17-22-11-15-13(5-9-26(15)25-17)14-1-2-16-21-8-10-27(16)24-14/h1-2,5,8-12H,3-4,6-7H2,(H,23,25). The van der Waals surface area contributed by atoms with Crippen molar-refractivity contribution in [2.45, 2.75) is 37.6 Å². The third kappa shape index (κ3) is 2.98. The van der Waals surface area contributed by atoms with Gasteiger partial charge in [-0.2, -0.15) is 5.10 Å². The Hall–Kier alpha value is -3.10. The summed E-state index contributed by atoms with van der Waals surface area (Å²) in [7, 11) is 0. The lowest BCUT2D eigenvalue weighted by atomic mass is 9.92. The highest BCUT2D eigenvalue weighted by atomic mass is 19.3. The Morgan fingerprint density at radius 1 is 1.00 bits per heavy atom. The highest BCUT2D eigenvalue weighted by molar-refractivity contribution is 5.78. The Labute approximate surface area is 153 Å². The molecular weight excluding hydrogens is 352 g/mol. The summed E-state index contributed by atoms with van der Waals surface area (Å²) < 4.78 is 30.0. The van der Waals surface area contributed by atoms with Crippen LogP contribution in [0.25, 0.3) is 22.4 Å². The van der Waals surface area contributed by atoms with Crippen molar-refractivity contribution in [3.05, 3.63) is 43.0 Å². The molecule has 27 heavy (non-hydrogen) atoms. The van der Waals surface area contributed by atoms with Gasteiger partial charge in [0.25, 0.3) is 0 Å². The SMILES string of the molecule is FC1(F)CCC(Nc2ncc3c(-c4ccc5nccn5n4)ccn3n2)CC1. The molecule has 0 unspecified atom stereocenters. The first kappa shape index (κ1) is 16.1. The van der Waals surface area contributed by atoms with Gasteiger partial charge in [-0.05, 0) is 31.0 Å². The predicted molar refractivity (Wildman–Crippen MR) is 95.8 cm³/mol. The van der Waals surface area contributed by atoms with Crippen LogP contribution < -0.4 is 5.32 Å². The number of anilines is 1. The van der Waals surface area contributed by atoms with Gasteiger partial charge < -0.3 is 5.32 Å². The first-order valence-electron chi connectivity index (χ1n) is 8.87. The Kier molecular flexibility index (Phi) is 3.56. The van der Waals surface area contributed by atoms with Crippen molar-refractivity contribution in [1.82, 2.24) is 29.2 Å². The average molecular weight is 369 g/mol. The van der Waals surface area contributed by atoms with E-state index in [2.05, 4.69) is 25.5 Å². The van der Waals surface area contributed by atoms with Gasteiger partial charge in [-0.15, -0.1) is 5.10 Å². The number of rotatable bonds is 3. The molecule has 5 rings (SSSR count). The number of imidazole rings is 1. The highest BCUT2D eigenvalue weighted by Crippen LogP contribution is 2.34. The molecule has 7 nitrogen and oxygen atoms in total. The van der Waals surface area contributed by atoms with Gasteiger partial charge in [0.15, 0.2) is 5.65 Å². The van der Waals surface area contributed by atoms with E-state index in [1.54, 1.807) is 27.6 Å². The van der Waals surface area contributed by atoms with Gasteiger partial charge in [0.2, 0.25) is 11.9 Å². The number of aromatic nitrogens is 6. The van der Waals surface area contributed by atoms with Gasteiger partial charge in [-0.25, -0.2) is 27.8 Å². The van der Waals surface area contributed by atoms with Crippen molar-refractivity contribution in [3.8, 4) is 11.3 Å². The molecule has 4 aromatic rings. The zero-order valence-corrected chi connectivity index (χ0v) is 14.4. The van der Waals surface area contributed by atoms with E-state index in [9.17, 15) is 8.78 Å². The fourth-order valence-electron chi connectivity index (χ4n) is 3.51. The van der Waals surface area contributed by atoms with Crippen LogP contribution in [0.5, 0.6) is 0 Å². The summed E-state index contributed by atoms with van der Waals surface area (Å²) in [5.74, 6) is -2.10. The second-order valence-corrected chi connectivity index (χ2v) is 6.86. The molecule has 1 saturated carbocycles. The van der Waals surface area contributed by atoms with Crippen molar-refractivity contribution >= 4 is 17.1 Å². The molecule has 4 heterocycles. The third-order valence-electron chi connectivity index (χ3n) is 5.00. The van der Waals surface area contributed by atoms with Crippen molar-refractivity contribution in [1.29, 1.82) is 0 Å². The van der Waals surface area contributed by atoms with Crippen LogP contribution in [-0.4, -0.2) is 41.2 Å².